The average Bonchev–Trinajstić information content (AvgIpc) is 2.96. The molecule has 2 aromatic rings. The molecule has 4 heteroatoms. The van der Waals surface area contributed by atoms with Crippen molar-refractivity contribution in [1.29, 1.82) is 0 Å². The number of hydrogen-bond acceptors (Lipinski definition) is 2. The first kappa shape index (κ1) is 14.9. The number of amides is 2. The Morgan fingerprint density at radius 1 is 1.18 bits per heavy atom. The number of nitrogens with one attached hydrogen (secondary N) is 2. The van der Waals surface area contributed by atoms with Crippen LogP contribution in [0.5, 0.6) is 0 Å². The van der Waals surface area contributed by atoms with Gasteiger partial charge in [0, 0.05) is 30.6 Å². The van der Waals surface area contributed by atoms with E-state index in [1.54, 1.807) is 0 Å². The molecule has 0 radical (unpaired) electrons. The lowest BCUT2D eigenvalue weighted by Crippen LogP contribution is -2.40. The van der Waals surface area contributed by atoms with E-state index < -0.39 is 0 Å². The molecule has 0 aromatic heterocycles. The van der Waals surface area contributed by atoms with Crippen molar-refractivity contribution in [2.45, 2.75) is 32.4 Å². The maximum Gasteiger partial charge on any atom is 0.319 e. The number of carbonyl (C=O) groups is 1. The Morgan fingerprint density at radius 2 is 1.95 bits per heavy atom. The predicted molar refractivity (Wildman–Crippen MR) is 91.2 cm³/mol. The van der Waals surface area contributed by atoms with Crippen molar-refractivity contribution in [1.82, 2.24) is 10.2 Å². The zero-order valence-corrected chi connectivity index (χ0v) is 13.2. The van der Waals surface area contributed by atoms with Gasteiger partial charge in [0.25, 0.3) is 0 Å². The Morgan fingerprint density at radius 3 is 2.73 bits per heavy atom. The summed E-state index contributed by atoms with van der Waals surface area (Å²) in [5, 5.41) is 8.27. The number of benzene rings is 2. The van der Waals surface area contributed by atoms with E-state index in [9.17, 15) is 4.79 Å². The molecule has 1 aliphatic heterocycles. The molecule has 22 heavy (non-hydrogen) atoms. The molecule has 2 aromatic carbocycles. The molecule has 2 N–H and O–H groups in total. The van der Waals surface area contributed by atoms with E-state index in [2.05, 4.69) is 41.5 Å². The molecule has 1 atom stereocenters. The number of anilines is 1. The fraction of sp³-hybridized carbons (Fsp3) is 0.389. The first-order valence-corrected chi connectivity index (χ1v) is 7.93. The van der Waals surface area contributed by atoms with Gasteiger partial charge in [-0.25, -0.2) is 4.79 Å². The van der Waals surface area contributed by atoms with Gasteiger partial charge in [-0.1, -0.05) is 36.4 Å². The van der Waals surface area contributed by atoms with Crippen molar-refractivity contribution in [3.8, 4) is 0 Å². The molecule has 2 amide bonds. The molecule has 0 saturated carbocycles. The molecular formula is C18H23N3O. The number of hydrogen-bond donors (Lipinski definition) is 2. The molecule has 3 rings (SSSR count). The fourth-order valence-electron chi connectivity index (χ4n) is 3.05. The minimum Gasteiger partial charge on any atom is -0.334 e. The van der Waals surface area contributed by atoms with Crippen molar-refractivity contribution < 1.29 is 4.79 Å². The van der Waals surface area contributed by atoms with E-state index >= 15 is 0 Å². The normalized spacial score (nSPS) is 18.8. The first-order valence-electron chi connectivity index (χ1n) is 7.93. The maximum atomic E-state index is 12.2. The van der Waals surface area contributed by atoms with Gasteiger partial charge in [0.2, 0.25) is 0 Å². The van der Waals surface area contributed by atoms with Crippen LogP contribution in [0.1, 0.15) is 20.3 Å². The molecular weight excluding hydrogens is 274 g/mol. The van der Waals surface area contributed by atoms with E-state index in [1.807, 2.05) is 30.3 Å². The Balaban J connectivity index is 1.64. The predicted octanol–water partition coefficient (Wildman–Crippen LogP) is 3.44. The summed E-state index contributed by atoms with van der Waals surface area (Å²) < 4.78 is 0. The molecule has 0 bridgehead atoms. The van der Waals surface area contributed by atoms with Gasteiger partial charge in [-0.05, 0) is 31.7 Å². The van der Waals surface area contributed by atoms with Gasteiger partial charge >= 0.3 is 6.03 Å². The third-order valence-corrected chi connectivity index (χ3v) is 4.32. The molecule has 0 aliphatic carbocycles. The molecule has 116 valence electrons. The van der Waals surface area contributed by atoms with Gasteiger partial charge in [-0.15, -0.1) is 0 Å². The summed E-state index contributed by atoms with van der Waals surface area (Å²) in [7, 11) is 0. The first-order chi connectivity index (χ1) is 10.6. The Kier molecular flexibility index (Phi) is 4.29. The van der Waals surface area contributed by atoms with Gasteiger partial charge in [0.15, 0.2) is 0 Å². The number of urea groups is 1. The van der Waals surface area contributed by atoms with Gasteiger partial charge in [-0.3, -0.25) is 4.90 Å². The molecule has 0 spiro atoms. The van der Waals surface area contributed by atoms with Gasteiger partial charge in [0.05, 0.1) is 5.69 Å². The second kappa shape index (κ2) is 6.36. The van der Waals surface area contributed by atoms with E-state index in [-0.39, 0.29) is 12.1 Å². The topological polar surface area (TPSA) is 44.4 Å². The van der Waals surface area contributed by atoms with E-state index in [4.69, 9.17) is 0 Å². The highest BCUT2D eigenvalue weighted by molar-refractivity contribution is 6.01. The third kappa shape index (κ3) is 3.22. The molecule has 1 saturated heterocycles. The van der Waals surface area contributed by atoms with Crippen molar-refractivity contribution in [3.63, 3.8) is 0 Å². The average molecular weight is 297 g/mol. The summed E-state index contributed by atoms with van der Waals surface area (Å²) in [4.78, 5) is 14.6. The van der Waals surface area contributed by atoms with Gasteiger partial charge < -0.3 is 10.6 Å². The van der Waals surface area contributed by atoms with Crippen LogP contribution < -0.4 is 10.6 Å². The van der Waals surface area contributed by atoms with Crippen LogP contribution in [0.4, 0.5) is 10.5 Å². The SMILES string of the molecule is CC(C)N1CCC(NC(=O)Nc2cccc3ccccc23)C1. The lowest BCUT2D eigenvalue weighted by atomic mass is 10.1. The minimum atomic E-state index is -0.119. The summed E-state index contributed by atoms with van der Waals surface area (Å²) in [5.74, 6) is 0. The fourth-order valence-corrected chi connectivity index (χ4v) is 3.05. The lowest BCUT2D eigenvalue weighted by molar-refractivity contribution is 0.244. The summed E-state index contributed by atoms with van der Waals surface area (Å²) in [6.45, 7) is 6.37. The Hall–Kier alpha value is -2.07. The van der Waals surface area contributed by atoms with Crippen LogP contribution in [-0.2, 0) is 0 Å². The second-order valence-electron chi connectivity index (χ2n) is 6.20. The summed E-state index contributed by atoms with van der Waals surface area (Å²) >= 11 is 0. The maximum absolute atomic E-state index is 12.2. The third-order valence-electron chi connectivity index (χ3n) is 4.32. The molecule has 1 unspecified atom stereocenters. The van der Waals surface area contributed by atoms with Crippen molar-refractivity contribution in [2.75, 3.05) is 18.4 Å². The largest absolute Gasteiger partial charge is 0.334 e. The molecule has 1 heterocycles. The molecule has 1 fully saturated rings. The Bertz CT molecular complexity index is 663. The summed E-state index contributed by atoms with van der Waals surface area (Å²) in [6.07, 6.45) is 1.02. The summed E-state index contributed by atoms with van der Waals surface area (Å²) in [5.41, 5.74) is 0.856. The number of likely N-dealkylation sites (tertiary alicyclic amines) is 1. The highest BCUT2D eigenvalue weighted by Crippen LogP contribution is 2.23. The van der Waals surface area contributed by atoms with Crippen LogP contribution >= 0.6 is 0 Å². The number of nitrogens with zero attached hydrogens (tertiary/aromatic N) is 1. The zero-order chi connectivity index (χ0) is 15.5. The van der Waals surface area contributed by atoms with Crippen LogP contribution in [-0.4, -0.2) is 36.1 Å². The quantitative estimate of drug-likeness (QED) is 0.911. The monoisotopic (exact) mass is 297 g/mol. The zero-order valence-electron chi connectivity index (χ0n) is 13.2. The van der Waals surface area contributed by atoms with Crippen LogP contribution in [0.3, 0.4) is 0 Å². The standard InChI is InChI=1S/C18H23N3O/c1-13(2)21-11-10-15(12-21)19-18(22)20-17-9-5-7-14-6-3-4-8-16(14)17/h3-9,13,15H,10-12H2,1-2H3,(H2,19,20,22). The number of rotatable bonds is 3. The van der Waals surface area contributed by atoms with Crippen molar-refractivity contribution in [2.24, 2.45) is 0 Å². The number of carbonyl (C=O) groups excluding carboxylic acids is 1. The minimum absolute atomic E-state index is 0.119. The summed E-state index contributed by atoms with van der Waals surface area (Å²) in [6, 6.07) is 14.7. The van der Waals surface area contributed by atoms with E-state index in [1.165, 1.54) is 0 Å². The van der Waals surface area contributed by atoms with E-state index in [0.717, 1.165) is 36.0 Å². The highest BCUT2D eigenvalue weighted by Gasteiger charge is 2.25. The highest BCUT2D eigenvalue weighted by atomic mass is 16.2. The Labute approximate surface area is 131 Å². The van der Waals surface area contributed by atoms with Gasteiger partial charge in [-0.2, -0.15) is 0 Å². The van der Waals surface area contributed by atoms with Crippen LogP contribution in [0.2, 0.25) is 0 Å². The van der Waals surface area contributed by atoms with Crippen LogP contribution in [0.25, 0.3) is 10.8 Å². The molecule has 4 nitrogen and oxygen atoms in total. The second-order valence-corrected chi connectivity index (χ2v) is 6.20. The van der Waals surface area contributed by atoms with E-state index in [0.29, 0.717) is 6.04 Å². The van der Waals surface area contributed by atoms with Crippen molar-refractivity contribution in [3.05, 3.63) is 42.5 Å². The van der Waals surface area contributed by atoms with Gasteiger partial charge in [0.1, 0.15) is 0 Å². The van der Waals surface area contributed by atoms with Crippen LogP contribution in [0.15, 0.2) is 42.5 Å². The lowest BCUT2D eigenvalue weighted by Gasteiger charge is -2.20. The molecule has 1 aliphatic rings. The number of fused-ring (bicyclic) bond motifs is 1. The van der Waals surface area contributed by atoms with Crippen LogP contribution in [0, 0.1) is 0 Å². The van der Waals surface area contributed by atoms with Crippen molar-refractivity contribution >= 4 is 22.5 Å². The smallest absolute Gasteiger partial charge is 0.319 e.